The molecule has 3 rings (SSSR count). The lowest BCUT2D eigenvalue weighted by Gasteiger charge is -2.11. The molecule has 1 aliphatic heterocycles. The van der Waals surface area contributed by atoms with Crippen LogP contribution in [-0.4, -0.2) is 42.3 Å². The number of halogens is 3. The lowest BCUT2D eigenvalue weighted by molar-refractivity contribution is -0.192. The van der Waals surface area contributed by atoms with Crippen LogP contribution in [0.5, 0.6) is 0 Å². The molecule has 0 spiro atoms. The van der Waals surface area contributed by atoms with E-state index in [0.717, 1.165) is 37.8 Å². The zero-order valence-electron chi connectivity index (χ0n) is 11.4. The summed E-state index contributed by atoms with van der Waals surface area (Å²) in [4.78, 5) is 20.7. The van der Waals surface area contributed by atoms with E-state index >= 15 is 0 Å². The number of carboxylic acid groups (broad SMARTS) is 1. The lowest BCUT2D eigenvalue weighted by atomic mass is 10.0. The van der Waals surface area contributed by atoms with Gasteiger partial charge >= 0.3 is 12.1 Å². The molecule has 120 valence electrons. The van der Waals surface area contributed by atoms with Crippen molar-refractivity contribution < 1.29 is 27.9 Å². The zero-order valence-corrected chi connectivity index (χ0v) is 11.4. The van der Waals surface area contributed by atoms with Gasteiger partial charge in [-0.25, -0.2) is 4.79 Å². The molecule has 1 heterocycles. The number of alkyl halides is 3. The molecule has 3 N–H and O–H groups in total. The monoisotopic (exact) mass is 308 g/mol. The third-order valence-electron chi connectivity index (χ3n) is 4.19. The van der Waals surface area contributed by atoms with Crippen LogP contribution in [0.4, 0.5) is 13.2 Å². The van der Waals surface area contributed by atoms with Gasteiger partial charge in [0.25, 0.3) is 0 Å². The van der Waals surface area contributed by atoms with Gasteiger partial charge in [0, 0.05) is 12.0 Å². The van der Waals surface area contributed by atoms with E-state index in [0.29, 0.717) is 17.9 Å². The molecule has 2 saturated carbocycles. The Bertz CT molecular complexity index is 398. The summed E-state index contributed by atoms with van der Waals surface area (Å²) in [6.07, 6.45) is -0.438. The van der Waals surface area contributed by atoms with Crippen molar-refractivity contribution in [3.05, 3.63) is 0 Å². The van der Waals surface area contributed by atoms with Gasteiger partial charge in [-0.05, 0) is 50.6 Å². The molecule has 3 aliphatic rings. The largest absolute Gasteiger partial charge is 0.490 e. The Hall–Kier alpha value is -1.31. The minimum Gasteiger partial charge on any atom is -0.475 e. The number of hydrogen-bond donors (Lipinski definition) is 3. The van der Waals surface area contributed by atoms with Crippen LogP contribution in [0.2, 0.25) is 0 Å². The third-order valence-corrected chi connectivity index (χ3v) is 4.19. The van der Waals surface area contributed by atoms with E-state index in [2.05, 4.69) is 10.6 Å². The maximum absolute atomic E-state index is 11.8. The number of fused-ring (bicyclic) bond motifs is 1. The molecule has 5 nitrogen and oxygen atoms in total. The highest BCUT2D eigenvalue weighted by Gasteiger charge is 2.41. The van der Waals surface area contributed by atoms with Crippen LogP contribution in [0, 0.1) is 17.8 Å². The van der Waals surface area contributed by atoms with E-state index in [4.69, 9.17) is 9.90 Å². The van der Waals surface area contributed by atoms with Crippen molar-refractivity contribution >= 4 is 11.9 Å². The van der Waals surface area contributed by atoms with Gasteiger partial charge in [-0.1, -0.05) is 0 Å². The summed E-state index contributed by atoms with van der Waals surface area (Å²) in [5.41, 5.74) is 0. The van der Waals surface area contributed by atoms with Crippen LogP contribution in [0.1, 0.15) is 25.7 Å². The van der Waals surface area contributed by atoms with Gasteiger partial charge in [0.15, 0.2) is 0 Å². The lowest BCUT2D eigenvalue weighted by Crippen LogP contribution is -2.32. The molecule has 1 amide bonds. The molecule has 3 fully saturated rings. The Labute approximate surface area is 120 Å². The molecule has 1 unspecified atom stereocenters. The maximum Gasteiger partial charge on any atom is 0.490 e. The molecule has 0 aromatic rings. The molecule has 0 radical (unpaired) electrons. The van der Waals surface area contributed by atoms with E-state index in [1.807, 2.05) is 0 Å². The number of carbonyl (C=O) groups excluding carboxylic acids is 1. The van der Waals surface area contributed by atoms with Crippen LogP contribution in [0.15, 0.2) is 0 Å². The standard InChI is InChI=1S/C11H18N2O.C2HF3O2/c14-11(13-10-1-2-10)7-3-8-5-12-6-9(8)4-7;3-2(4,5)1(6)7/h7-10,12H,1-6H2,(H,13,14);(H,6,7)/t7?,8-,9+;. The molecular weight excluding hydrogens is 289 g/mol. The average Bonchev–Trinajstić information content (AvgIpc) is 2.92. The molecule has 1 saturated heterocycles. The SMILES string of the molecule is O=C(NC1CC1)C1C[C@H]2CNC[C@H]2C1.O=C(O)C(F)(F)F. The highest BCUT2D eigenvalue weighted by atomic mass is 19.4. The Morgan fingerprint density at radius 2 is 1.57 bits per heavy atom. The Balaban J connectivity index is 0.000000199. The van der Waals surface area contributed by atoms with Crippen molar-refractivity contribution in [3.63, 3.8) is 0 Å². The molecule has 21 heavy (non-hydrogen) atoms. The van der Waals surface area contributed by atoms with Gasteiger partial charge < -0.3 is 15.7 Å². The maximum atomic E-state index is 11.8. The summed E-state index contributed by atoms with van der Waals surface area (Å²) in [6.45, 7) is 2.27. The molecule has 0 bridgehead atoms. The third kappa shape index (κ3) is 4.59. The number of aliphatic carboxylic acids is 1. The summed E-state index contributed by atoms with van der Waals surface area (Å²) < 4.78 is 31.7. The second-order valence-electron chi connectivity index (χ2n) is 5.93. The van der Waals surface area contributed by atoms with Gasteiger partial charge in [0.1, 0.15) is 0 Å². The van der Waals surface area contributed by atoms with Crippen LogP contribution >= 0.6 is 0 Å². The summed E-state index contributed by atoms with van der Waals surface area (Å²) in [6, 6.07) is 0.529. The van der Waals surface area contributed by atoms with Crippen molar-refractivity contribution in [3.8, 4) is 0 Å². The molecular formula is C13H19F3N2O3. The van der Waals surface area contributed by atoms with E-state index in [9.17, 15) is 18.0 Å². The van der Waals surface area contributed by atoms with Gasteiger partial charge in [-0.3, -0.25) is 4.79 Å². The second kappa shape index (κ2) is 6.21. The molecule has 3 atom stereocenters. The minimum atomic E-state index is -5.08. The molecule has 0 aromatic heterocycles. The Morgan fingerprint density at radius 3 is 1.95 bits per heavy atom. The van der Waals surface area contributed by atoms with Crippen LogP contribution < -0.4 is 10.6 Å². The number of rotatable bonds is 2. The fraction of sp³-hybridized carbons (Fsp3) is 0.846. The number of hydrogen-bond acceptors (Lipinski definition) is 3. The van der Waals surface area contributed by atoms with Gasteiger partial charge in [-0.2, -0.15) is 13.2 Å². The van der Waals surface area contributed by atoms with E-state index in [1.54, 1.807) is 0 Å². The van der Waals surface area contributed by atoms with Crippen LogP contribution in [0.25, 0.3) is 0 Å². The first-order chi connectivity index (χ1) is 9.77. The van der Waals surface area contributed by atoms with Crippen molar-refractivity contribution in [2.75, 3.05) is 13.1 Å². The van der Waals surface area contributed by atoms with Gasteiger partial charge in [0.05, 0.1) is 0 Å². The topological polar surface area (TPSA) is 78.4 Å². The highest BCUT2D eigenvalue weighted by molar-refractivity contribution is 5.79. The summed E-state index contributed by atoms with van der Waals surface area (Å²) in [5.74, 6) is -0.531. The fourth-order valence-corrected chi connectivity index (χ4v) is 2.93. The normalized spacial score (nSPS) is 31.1. The highest BCUT2D eigenvalue weighted by Crippen LogP contribution is 2.38. The number of carbonyl (C=O) groups is 2. The Morgan fingerprint density at radius 1 is 1.10 bits per heavy atom. The first kappa shape index (κ1) is 16.1. The summed E-state index contributed by atoms with van der Waals surface area (Å²) in [5, 5.41) is 13.7. The predicted octanol–water partition coefficient (Wildman–Crippen LogP) is 1.14. The molecule has 8 heteroatoms. The summed E-state index contributed by atoms with van der Waals surface area (Å²) >= 11 is 0. The fourth-order valence-electron chi connectivity index (χ4n) is 2.93. The average molecular weight is 308 g/mol. The van der Waals surface area contributed by atoms with Crippen molar-refractivity contribution in [2.24, 2.45) is 17.8 Å². The summed E-state index contributed by atoms with van der Waals surface area (Å²) in [7, 11) is 0. The first-order valence-corrected chi connectivity index (χ1v) is 7.08. The van der Waals surface area contributed by atoms with E-state index in [-0.39, 0.29) is 0 Å². The number of nitrogens with one attached hydrogen (secondary N) is 2. The quantitative estimate of drug-likeness (QED) is 0.715. The molecule has 0 aromatic carbocycles. The van der Waals surface area contributed by atoms with Gasteiger partial charge in [-0.15, -0.1) is 0 Å². The van der Waals surface area contributed by atoms with Crippen LogP contribution in [-0.2, 0) is 9.59 Å². The predicted molar refractivity (Wildman–Crippen MR) is 67.4 cm³/mol. The number of amides is 1. The van der Waals surface area contributed by atoms with Crippen molar-refractivity contribution in [1.82, 2.24) is 10.6 Å². The van der Waals surface area contributed by atoms with E-state index < -0.39 is 12.1 Å². The first-order valence-electron chi connectivity index (χ1n) is 7.08. The number of carboxylic acids is 1. The van der Waals surface area contributed by atoms with E-state index in [1.165, 1.54) is 12.8 Å². The Kier molecular flexibility index (Phi) is 4.75. The second-order valence-corrected chi connectivity index (χ2v) is 5.93. The van der Waals surface area contributed by atoms with Gasteiger partial charge in [0.2, 0.25) is 5.91 Å². The van der Waals surface area contributed by atoms with Crippen molar-refractivity contribution in [1.29, 1.82) is 0 Å². The van der Waals surface area contributed by atoms with Crippen LogP contribution in [0.3, 0.4) is 0 Å². The zero-order chi connectivity index (χ0) is 15.6. The molecule has 2 aliphatic carbocycles. The smallest absolute Gasteiger partial charge is 0.475 e. The minimum absolute atomic E-state index is 0.327. The van der Waals surface area contributed by atoms with Crippen molar-refractivity contribution in [2.45, 2.75) is 37.9 Å².